The van der Waals surface area contributed by atoms with Gasteiger partial charge in [-0.1, -0.05) is 29.3 Å². The molecule has 5 rings (SSSR count). The Hall–Kier alpha value is -1.75. The van der Waals surface area contributed by atoms with Crippen LogP contribution in [0.5, 0.6) is 0 Å². The lowest BCUT2D eigenvalue weighted by atomic mass is 9.84. The van der Waals surface area contributed by atoms with Crippen molar-refractivity contribution in [2.45, 2.75) is 18.9 Å². The molecule has 0 spiro atoms. The van der Waals surface area contributed by atoms with Crippen molar-refractivity contribution in [3.63, 3.8) is 0 Å². The first-order chi connectivity index (χ1) is 12.6. The quantitative estimate of drug-likeness (QED) is 0.782. The lowest BCUT2D eigenvalue weighted by Gasteiger charge is -2.44. The van der Waals surface area contributed by atoms with Crippen LogP contribution < -0.4 is 5.32 Å². The molecule has 0 saturated carbocycles. The molecule has 3 aliphatic heterocycles. The van der Waals surface area contributed by atoms with E-state index in [4.69, 9.17) is 27.6 Å². The van der Waals surface area contributed by atoms with Gasteiger partial charge in [0.15, 0.2) is 0 Å². The molecule has 0 radical (unpaired) electrons. The zero-order valence-corrected chi connectivity index (χ0v) is 15.8. The Morgan fingerprint density at radius 2 is 2.00 bits per heavy atom. The van der Waals surface area contributed by atoms with Gasteiger partial charge in [-0.05, 0) is 62.2 Å². The summed E-state index contributed by atoms with van der Waals surface area (Å²) in [4.78, 5) is 14.7. The van der Waals surface area contributed by atoms with Crippen LogP contribution in [0.25, 0.3) is 17.4 Å². The predicted molar refractivity (Wildman–Crippen MR) is 104 cm³/mol. The van der Waals surface area contributed by atoms with E-state index in [1.165, 1.54) is 18.9 Å². The molecule has 6 heteroatoms. The molecule has 1 N–H and O–H groups in total. The fourth-order valence-electron chi connectivity index (χ4n) is 3.80. The Bertz CT molecular complexity index is 838. The smallest absolute Gasteiger partial charge is 0.244 e. The van der Waals surface area contributed by atoms with Gasteiger partial charge < -0.3 is 14.6 Å². The topological polar surface area (TPSA) is 45.5 Å². The Balaban J connectivity index is 1.40. The maximum absolute atomic E-state index is 12.2. The van der Waals surface area contributed by atoms with Crippen molar-refractivity contribution < 1.29 is 9.21 Å². The van der Waals surface area contributed by atoms with Crippen molar-refractivity contribution in [2.75, 3.05) is 19.6 Å². The number of halogens is 2. The SMILES string of the molecule is O=C(C=Cc1ccc(-c2cccc(Cl)c2Cl)o1)NC1CN2CCC1CC2. The summed E-state index contributed by atoms with van der Waals surface area (Å²) in [7, 11) is 0. The largest absolute Gasteiger partial charge is 0.457 e. The van der Waals surface area contributed by atoms with Crippen LogP contribution in [0.3, 0.4) is 0 Å². The van der Waals surface area contributed by atoms with Gasteiger partial charge in [-0.15, -0.1) is 0 Å². The van der Waals surface area contributed by atoms with E-state index in [1.807, 2.05) is 24.3 Å². The number of amides is 1. The zero-order chi connectivity index (χ0) is 18.1. The van der Waals surface area contributed by atoms with E-state index in [2.05, 4.69) is 10.2 Å². The van der Waals surface area contributed by atoms with Gasteiger partial charge in [0.05, 0.1) is 10.0 Å². The molecule has 4 nitrogen and oxygen atoms in total. The molecule has 1 unspecified atom stereocenters. The Morgan fingerprint density at radius 1 is 1.19 bits per heavy atom. The minimum Gasteiger partial charge on any atom is -0.457 e. The summed E-state index contributed by atoms with van der Waals surface area (Å²) < 4.78 is 5.78. The normalized spacial score (nSPS) is 24.9. The summed E-state index contributed by atoms with van der Waals surface area (Å²) in [5.41, 5.74) is 0.732. The van der Waals surface area contributed by atoms with E-state index in [-0.39, 0.29) is 11.9 Å². The monoisotopic (exact) mass is 390 g/mol. The molecule has 26 heavy (non-hydrogen) atoms. The van der Waals surface area contributed by atoms with Crippen LogP contribution in [0, 0.1) is 5.92 Å². The average molecular weight is 391 g/mol. The highest BCUT2D eigenvalue weighted by Gasteiger charge is 2.34. The average Bonchev–Trinajstić information content (AvgIpc) is 3.12. The fourth-order valence-corrected chi connectivity index (χ4v) is 4.19. The van der Waals surface area contributed by atoms with Crippen molar-refractivity contribution >= 4 is 35.2 Å². The molecule has 3 saturated heterocycles. The first kappa shape index (κ1) is 17.7. The van der Waals surface area contributed by atoms with Crippen LogP contribution in [0.15, 0.2) is 40.8 Å². The van der Waals surface area contributed by atoms with Gasteiger partial charge in [-0.2, -0.15) is 0 Å². The number of fused-ring (bicyclic) bond motifs is 3. The van der Waals surface area contributed by atoms with E-state index in [0.717, 1.165) is 25.2 Å². The van der Waals surface area contributed by atoms with Crippen LogP contribution in [0.1, 0.15) is 18.6 Å². The molecule has 2 bridgehead atoms. The van der Waals surface area contributed by atoms with E-state index in [9.17, 15) is 4.79 Å². The van der Waals surface area contributed by atoms with Crippen LogP contribution in [-0.2, 0) is 4.79 Å². The Labute approximate surface area is 162 Å². The van der Waals surface area contributed by atoms with Gasteiger partial charge in [0, 0.05) is 24.2 Å². The lowest BCUT2D eigenvalue weighted by Crippen LogP contribution is -2.57. The number of furan rings is 1. The van der Waals surface area contributed by atoms with Crippen molar-refractivity contribution in [2.24, 2.45) is 5.92 Å². The number of carbonyl (C=O) groups excluding carboxylic acids is 1. The van der Waals surface area contributed by atoms with Crippen molar-refractivity contribution in [3.05, 3.63) is 52.2 Å². The molecule has 136 valence electrons. The minimum atomic E-state index is -0.0810. The summed E-state index contributed by atoms with van der Waals surface area (Å²) in [6.07, 6.45) is 5.56. The number of hydrogen-bond donors (Lipinski definition) is 1. The Morgan fingerprint density at radius 3 is 2.73 bits per heavy atom. The molecular formula is C20H20Cl2N2O2. The van der Waals surface area contributed by atoms with Gasteiger partial charge in [0.25, 0.3) is 0 Å². The summed E-state index contributed by atoms with van der Waals surface area (Å²) in [5.74, 6) is 1.75. The van der Waals surface area contributed by atoms with Crippen LogP contribution in [0.2, 0.25) is 10.0 Å². The highest BCUT2D eigenvalue weighted by molar-refractivity contribution is 6.43. The lowest BCUT2D eigenvalue weighted by molar-refractivity contribution is -0.118. The van der Waals surface area contributed by atoms with Gasteiger partial charge >= 0.3 is 0 Å². The zero-order valence-electron chi connectivity index (χ0n) is 14.3. The molecule has 1 aromatic heterocycles. The van der Waals surface area contributed by atoms with Gasteiger partial charge in [0.1, 0.15) is 11.5 Å². The number of piperidine rings is 3. The maximum atomic E-state index is 12.2. The number of nitrogens with one attached hydrogen (secondary N) is 1. The number of nitrogens with zero attached hydrogens (tertiary/aromatic N) is 1. The molecule has 4 heterocycles. The second-order valence-corrected chi connectivity index (χ2v) is 7.68. The van der Waals surface area contributed by atoms with Crippen molar-refractivity contribution in [1.82, 2.24) is 10.2 Å². The van der Waals surface area contributed by atoms with Crippen molar-refractivity contribution in [1.29, 1.82) is 0 Å². The molecular weight excluding hydrogens is 371 g/mol. The summed E-state index contributed by atoms with van der Waals surface area (Å²) in [5, 5.41) is 4.07. The highest BCUT2D eigenvalue weighted by Crippen LogP contribution is 2.34. The van der Waals surface area contributed by atoms with E-state index in [1.54, 1.807) is 12.1 Å². The number of benzene rings is 1. The second kappa shape index (κ2) is 7.47. The van der Waals surface area contributed by atoms with Gasteiger partial charge in [0.2, 0.25) is 5.91 Å². The van der Waals surface area contributed by atoms with Crippen LogP contribution in [-0.4, -0.2) is 36.5 Å². The predicted octanol–water partition coefficient (Wildman–Crippen LogP) is 4.48. The van der Waals surface area contributed by atoms with Gasteiger partial charge in [-0.25, -0.2) is 0 Å². The third-order valence-corrected chi connectivity index (χ3v) is 6.05. The number of carbonyl (C=O) groups is 1. The molecule has 3 aliphatic rings. The van der Waals surface area contributed by atoms with Crippen LogP contribution >= 0.6 is 23.2 Å². The van der Waals surface area contributed by atoms with E-state index < -0.39 is 0 Å². The van der Waals surface area contributed by atoms with Crippen molar-refractivity contribution in [3.8, 4) is 11.3 Å². The first-order valence-corrected chi connectivity index (χ1v) is 9.61. The third kappa shape index (κ3) is 3.68. The van der Waals surface area contributed by atoms with Crippen LogP contribution in [0.4, 0.5) is 0 Å². The Kier molecular flexibility index (Phi) is 5.07. The first-order valence-electron chi connectivity index (χ1n) is 8.85. The minimum absolute atomic E-state index is 0.0810. The number of rotatable bonds is 4. The molecule has 1 atom stereocenters. The highest BCUT2D eigenvalue weighted by atomic mass is 35.5. The standard InChI is InChI=1S/C20H20Cl2N2O2/c21-16-3-1-2-15(20(16)22)18-6-4-14(26-18)5-7-19(25)23-17-12-24-10-8-13(17)9-11-24/h1-7,13,17H,8-12H2,(H,23,25). The molecule has 3 fully saturated rings. The molecule has 2 aromatic rings. The molecule has 1 aromatic carbocycles. The summed E-state index contributed by atoms with van der Waals surface area (Å²) in [6, 6.07) is 9.29. The summed E-state index contributed by atoms with van der Waals surface area (Å²) in [6.45, 7) is 3.28. The molecule has 1 amide bonds. The number of hydrogen-bond acceptors (Lipinski definition) is 3. The maximum Gasteiger partial charge on any atom is 0.244 e. The summed E-state index contributed by atoms with van der Waals surface area (Å²) >= 11 is 12.3. The van der Waals surface area contributed by atoms with E-state index in [0.29, 0.717) is 27.5 Å². The van der Waals surface area contributed by atoms with E-state index >= 15 is 0 Å². The third-order valence-electron chi connectivity index (χ3n) is 5.23. The second-order valence-electron chi connectivity index (χ2n) is 6.89. The van der Waals surface area contributed by atoms with Gasteiger partial charge in [-0.3, -0.25) is 4.79 Å². The fraction of sp³-hybridized carbons (Fsp3) is 0.350. The molecule has 0 aliphatic carbocycles.